The van der Waals surface area contributed by atoms with Crippen LogP contribution in [0.5, 0.6) is 5.75 Å². The summed E-state index contributed by atoms with van der Waals surface area (Å²) in [5, 5.41) is 12.7. The van der Waals surface area contributed by atoms with Gasteiger partial charge in [0.1, 0.15) is 12.4 Å². The van der Waals surface area contributed by atoms with Gasteiger partial charge in [-0.05, 0) is 24.3 Å². The van der Waals surface area contributed by atoms with Crippen molar-refractivity contribution in [1.82, 2.24) is 0 Å². The standard InChI is InChI=1S/C17H15ClN2O/c1-2-9-21-17-6-4-3-5-14(17)12-20-16-10-13(11-19)7-8-15(16)18/h2-8,10,20H,1,9,12H2. The summed E-state index contributed by atoms with van der Waals surface area (Å²) in [5.41, 5.74) is 2.31. The van der Waals surface area contributed by atoms with Crippen LogP contribution in [-0.2, 0) is 6.54 Å². The van der Waals surface area contributed by atoms with Crippen LogP contribution in [-0.4, -0.2) is 6.61 Å². The fourth-order valence-electron chi connectivity index (χ4n) is 1.86. The number of hydrogen-bond donors (Lipinski definition) is 1. The van der Waals surface area contributed by atoms with Crippen molar-refractivity contribution in [1.29, 1.82) is 5.26 Å². The van der Waals surface area contributed by atoms with Gasteiger partial charge < -0.3 is 10.1 Å². The van der Waals surface area contributed by atoms with Gasteiger partial charge in [0.25, 0.3) is 0 Å². The van der Waals surface area contributed by atoms with E-state index in [1.807, 2.05) is 24.3 Å². The van der Waals surface area contributed by atoms with Crippen LogP contribution in [0.1, 0.15) is 11.1 Å². The molecule has 21 heavy (non-hydrogen) atoms. The lowest BCUT2D eigenvalue weighted by Gasteiger charge is -2.12. The number of halogens is 1. The molecular weight excluding hydrogens is 284 g/mol. The van der Waals surface area contributed by atoms with Gasteiger partial charge in [-0.1, -0.05) is 42.5 Å². The second-order valence-electron chi connectivity index (χ2n) is 4.37. The first-order valence-electron chi connectivity index (χ1n) is 6.49. The first-order valence-corrected chi connectivity index (χ1v) is 6.87. The zero-order valence-corrected chi connectivity index (χ0v) is 12.2. The summed E-state index contributed by atoms with van der Waals surface area (Å²) in [6.07, 6.45) is 1.71. The molecule has 2 aromatic rings. The SMILES string of the molecule is C=CCOc1ccccc1CNc1cc(C#N)ccc1Cl. The van der Waals surface area contributed by atoms with Gasteiger partial charge in [0.2, 0.25) is 0 Å². The highest BCUT2D eigenvalue weighted by Gasteiger charge is 2.05. The van der Waals surface area contributed by atoms with E-state index in [2.05, 4.69) is 18.0 Å². The molecule has 0 aliphatic rings. The van der Waals surface area contributed by atoms with Crippen molar-refractivity contribution in [3.05, 3.63) is 71.3 Å². The lowest BCUT2D eigenvalue weighted by molar-refractivity contribution is 0.359. The van der Waals surface area contributed by atoms with E-state index >= 15 is 0 Å². The molecule has 0 heterocycles. The second-order valence-corrected chi connectivity index (χ2v) is 4.77. The normalized spacial score (nSPS) is 9.71. The molecule has 2 aromatic carbocycles. The van der Waals surface area contributed by atoms with Crippen molar-refractivity contribution in [3.8, 4) is 11.8 Å². The first-order chi connectivity index (χ1) is 10.2. The van der Waals surface area contributed by atoms with Crippen LogP contribution in [0.4, 0.5) is 5.69 Å². The Morgan fingerprint density at radius 1 is 1.29 bits per heavy atom. The number of nitriles is 1. The summed E-state index contributed by atoms with van der Waals surface area (Å²) >= 11 is 6.13. The second kappa shape index (κ2) is 7.37. The molecule has 0 radical (unpaired) electrons. The predicted octanol–water partition coefficient (Wildman–Crippen LogP) is 4.39. The first kappa shape index (κ1) is 15.0. The van der Waals surface area contributed by atoms with E-state index in [1.54, 1.807) is 24.3 Å². The molecule has 106 valence electrons. The molecule has 0 saturated heterocycles. The number of para-hydroxylation sites is 1. The van der Waals surface area contributed by atoms with Crippen molar-refractivity contribution in [2.75, 3.05) is 11.9 Å². The van der Waals surface area contributed by atoms with Gasteiger partial charge in [-0.3, -0.25) is 0 Å². The van der Waals surface area contributed by atoms with Gasteiger partial charge in [-0.2, -0.15) is 5.26 Å². The molecule has 0 aliphatic heterocycles. The maximum Gasteiger partial charge on any atom is 0.124 e. The number of hydrogen-bond acceptors (Lipinski definition) is 3. The molecule has 0 amide bonds. The molecule has 1 N–H and O–H groups in total. The number of anilines is 1. The zero-order chi connectivity index (χ0) is 15.1. The van der Waals surface area contributed by atoms with E-state index in [1.165, 1.54) is 0 Å². The van der Waals surface area contributed by atoms with Crippen LogP contribution in [0.15, 0.2) is 55.1 Å². The molecular formula is C17H15ClN2O. The molecule has 0 bridgehead atoms. The van der Waals surface area contributed by atoms with Gasteiger partial charge in [0.05, 0.1) is 22.3 Å². The fraction of sp³-hybridized carbons (Fsp3) is 0.118. The van der Waals surface area contributed by atoms with Gasteiger partial charge in [-0.25, -0.2) is 0 Å². The third kappa shape index (κ3) is 4.01. The van der Waals surface area contributed by atoms with E-state index < -0.39 is 0 Å². The Hall–Kier alpha value is -2.44. The number of nitrogens with zero attached hydrogens (tertiary/aromatic N) is 1. The Bertz CT molecular complexity index is 677. The Labute approximate surface area is 129 Å². The molecule has 2 rings (SSSR count). The number of benzene rings is 2. The van der Waals surface area contributed by atoms with Gasteiger partial charge >= 0.3 is 0 Å². The molecule has 4 heteroatoms. The monoisotopic (exact) mass is 298 g/mol. The minimum atomic E-state index is 0.460. The minimum Gasteiger partial charge on any atom is -0.489 e. The highest BCUT2D eigenvalue weighted by molar-refractivity contribution is 6.33. The molecule has 0 saturated carbocycles. The Morgan fingerprint density at radius 2 is 2.10 bits per heavy atom. The summed E-state index contributed by atoms with van der Waals surface area (Å²) in [5.74, 6) is 0.803. The minimum absolute atomic E-state index is 0.460. The van der Waals surface area contributed by atoms with Crippen molar-refractivity contribution in [3.63, 3.8) is 0 Å². The average molecular weight is 299 g/mol. The van der Waals surface area contributed by atoms with Gasteiger partial charge in [0.15, 0.2) is 0 Å². The highest BCUT2D eigenvalue weighted by Crippen LogP contribution is 2.25. The van der Waals surface area contributed by atoms with Crippen molar-refractivity contribution in [2.45, 2.75) is 6.54 Å². The zero-order valence-electron chi connectivity index (χ0n) is 11.5. The third-order valence-corrected chi connectivity index (χ3v) is 3.22. The van der Waals surface area contributed by atoms with E-state index in [4.69, 9.17) is 21.6 Å². The number of rotatable bonds is 6. The summed E-state index contributed by atoms with van der Waals surface area (Å²) < 4.78 is 5.61. The summed E-state index contributed by atoms with van der Waals surface area (Å²) in [6, 6.07) is 15.0. The average Bonchev–Trinajstić information content (AvgIpc) is 2.53. The highest BCUT2D eigenvalue weighted by atomic mass is 35.5. The molecule has 0 atom stereocenters. The largest absolute Gasteiger partial charge is 0.489 e. The lowest BCUT2D eigenvalue weighted by Crippen LogP contribution is -2.04. The van der Waals surface area contributed by atoms with Crippen molar-refractivity contribution in [2.24, 2.45) is 0 Å². The van der Waals surface area contributed by atoms with Crippen LogP contribution >= 0.6 is 11.6 Å². The molecule has 0 aromatic heterocycles. The molecule has 0 spiro atoms. The molecule has 3 nitrogen and oxygen atoms in total. The van der Waals surface area contributed by atoms with Crippen LogP contribution in [0.2, 0.25) is 5.02 Å². The Morgan fingerprint density at radius 3 is 2.86 bits per heavy atom. The van der Waals surface area contributed by atoms with Crippen LogP contribution < -0.4 is 10.1 Å². The molecule has 0 aliphatic carbocycles. The van der Waals surface area contributed by atoms with Crippen molar-refractivity contribution >= 4 is 17.3 Å². The maximum absolute atomic E-state index is 8.93. The third-order valence-electron chi connectivity index (χ3n) is 2.89. The quantitative estimate of drug-likeness (QED) is 0.805. The summed E-state index contributed by atoms with van der Waals surface area (Å²) in [4.78, 5) is 0. The maximum atomic E-state index is 8.93. The van der Waals surface area contributed by atoms with Crippen molar-refractivity contribution < 1.29 is 4.74 Å². The fourth-order valence-corrected chi connectivity index (χ4v) is 2.04. The lowest BCUT2D eigenvalue weighted by atomic mass is 10.1. The number of nitrogens with one attached hydrogen (secondary N) is 1. The van der Waals surface area contributed by atoms with Crippen LogP contribution in [0.3, 0.4) is 0 Å². The smallest absolute Gasteiger partial charge is 0.124 e. The van der Waals surface area contributed by atoms with Gasteiger partial charge in [-0.15, -0.1) is 0 Å². The topological polar surface area (TPSA) is 45.0 Å². The molecule has 0 fully saturated rings. The van der Waals surface area contributed by atoms with Gasteiger partial charge in [0, 0.05) is 12.1 Å². The van der Waals surface area contributed by atoms with E-state index in [0.717, 1.165) is 17.0 Å². The van der Waals surface area contributed by atoms with E-state index in [0.29, 0.717) is 23.7 Å². The van der Waals surface area contributed by atoms with E-state index in [-0.39, 0.29) is 0 Å². The summed E-state index contributed by atoms with van der Waals surface area (Å²) in [7, 11) is 0. The van der Waals surface area contributed by atoms with Crippen LogP contribution in [0.25, 0.3) is 0 Å². The summed E-state index contributed by atoms with van der Waals surface area (Å²) in [6.45, 7) is 4.66. The number of ether oxygens (including phenoxy) is 1. The molecule has 0 unspecified atom stereocenters. The van der Waals surface area contributed by atoms with E-state index in [9.17, 15) is 0 Å². The predicted molar refractivity (Wildman–Crippen MR) is 85.6 cm³/mol. The Kier molecular flexibility index (Phi) is 5.25. The Balaban J connectivity index is 2.13. The van der Waals surface area contributed by atoms with Crippen LogP contribution in [0, 0.1) is 11.3 Å².